The van der Waals surface area contributed by atoms with Gasteiger partial charge in [0.2, 0.25) is 0 Å². The van der Waals surface area contributed by atoms with E-state index in [0.29, 0.717) is 0 Å². The van der Waals surface area contributed by atoms with Gasteiger partial charge < -0.3 is 5.32 Å². The van der Waals surface area contributed by atoms with Crippen molar-refractivity contribution in [1.82, 2.24) is 9.99 Å². The highest BCUT2D eigenvalue weighted by atomic mass is 16.2. The number of rotatable bonds is 1. The molecule has 1 heterocycles. The molecular formula is C6H9N3O. The van der Waals surface area contributed by atoms with E-state index in [-0.39, 0.29) is 6.03 Å². The minimum Gasteiger partial charge on any atom is -0.340 e. The number of amides is 2. The Hall–Kier alpha value is -1.45. The fourth-order valence-electron chi connectivity index (χ4n) is 0.582. The predicted molar refractivity (Wildman–Crippen MR) is 38.2 cm³/mol. The fourth-order valence-corrected chi connectivity index (χ4v) is 0.582. The number of hydrogen-bond donors (Lipinski definition) is 2. The number of carbonyl (C=O) groups excluding carboxylic acids is 1. The zero-order chi connectivity index (χ0) is 7.40. The van der Waals surface area contributed by atoms with Gasteiger partial charge in [-0.2, -0.15) is 0 Å². The van der Waals surface area contributed by atoms with Crippen LogP contribution in [0.15, 0.2) is 24.5 Å². The summed E-state index contributed by atoms with van der Waals surface area (Å²) in [5.74, 6) is 0. The lowest BCUT2D eigenvalue weighted by Crippen LogP contribution is -2.30. The minimum atomic E-state index is -0.226. The number of carbonyl (C=O) groups is 1. The molecule has 0 radical (unpaired) electrons. The molecule has 0 aliphatic rings. The maximum atomic E-state index is 10.6. The Balaban J connectivity index is 2.48. The maximum Gasteiger partial charge on any atom is 0.333 e. The molecule has 0 spiro atoms. The molecule has 10 heavy (non-hydrogen) atoms. The smallest absolute Gasteiger partial charge is 0.333 e. The molecule has 0 aliphatic heterocycles. The molecule has 4 nitrogen and oxygen atoms in total. The van der Waals surface area contributed by atoms with Crippen molar-refractivity contribution in [3.8, 4) is 0 Å². The Kier molecular flexibility index (Phi) is 1.94. The average Bonchev–Trinajstić information content (AvgIpc) is 2.40. The highest BCUT2D eigenvalue weighted by Gasteiger charge is 1.92. The summed E-state index contributed by atoms with van der Waals surface area (Å²) in [5, 5.41) is 2.43. The molecule has 2 amide bonds. The van der Waals surface area contributed by atoms with Crippen molar-refractivity contribution in [2.45, 2.75) is 0 Å². The van der Waals surface area contributed by atoms with Crippen LogP contribution in [0.2, 0.25) is 0 Å². The van der Waals surface area contributed by atoms with E-state index < -0.39 is 0 Å². The molecule has 0 bridgehead atoms. The molecule has 0 aromatic carbocycles. The molecule has 0 aliphatic carbocycles. The predicted octanol–water partition coefficient (Wildman–Crippen LogP) is 0.371. The summed E-state index contributed by atoms with van der Waals surface area (Å²) in [6.45, 7) is 0. The van der Waals surface area contributed by atoms with Gasteiger partial charge in [0.05, 0.1) is 0 Å². The number of urea groups is 1. The van der Waals surface area contributed by atoms with Crippen LogP contribution in [0.4, 0.5) is 4.79 Å². The van der Waals surface area contributed by atoms with E-state index in [1.54, 1.807) is 24.1 Å². The highest BCUT2D eigenvalue weighted by Crippen LogP contribution is 1.83. The average molecular weight is 139 g/mol. The van der Waals surface area contributed by atoms with Crippen molar-refractivity contribution in [3.05, 3.63) is 24.5 Å². The van der Waals surface area contributed by atoms with Crippen molar-refractivity contribution >= 4 is 6.03 Å². The van der Waals surface area contributed by atoms with E-state index in [4.69, 9.17) is 0 Å². The summed E-state index contributed by atoms with van der Waals surface area (Å²) in [6.07, 6.45) is 3.49. The molecule has 0 fully saturated rings. The largest absolute Gasteiger partial charge is 0.340 e. The van der Waals surface area contributed by atoms with Crippen molar-refractivity contribution in [2.75, 3.05) is 12.5 Å². The number of nitrogens with zero attached hydrogens (tertiary/aromatic N) is 1. The van der Waals surface area contributed by atoms with Gasteiger partial charge in [0.25, 0.3) is 0 Å². The summed E-state index contributed by atoms with van der Waals surface area (Å²) in [4.78, 5) is 10.6. The van der Waals surface area contributed by atoms with Crippen LogP contribution in [0.25, 0.3) is 0 Å². The van der Waals surface area contributed by atoms with E-state index in [1.807, 2.05) is 12.1 Å². The third-order valence-electron chi connectivity index (χ3n) is 1.06. The normalized spacial score (nSPS) is 8.90. The van der Waals surface area contributed by atoms with Gasteiger partial charge in [-0.1, -0.05) is 0 Å². The van der Waals surface area contributed by atoms with Crippen LogP contribution < -0.4 is 10.7 Å². The molecule has 0 saturated heterocycles. The molecule has 0 saturated carbocycles. The van der Waals surface area contributed by atoms with Crippen molar-refractivity contribution < 1.29 is 4.79 Å². The molecule has 0 atom stereocenters. The van der Waals surface area contributed by atoms with Crippen LogP contribution in [0.1, 0.15) is 0 Å². The van der Waals surface area contributed by atoms with Crippen LogP contribution in [0.5, 0.6) is 0 Å². The van der Waals surface area contributed by atoms with Gasteiger partial charge in [0.15, 0.2) is 0 Å². The summed E-state index contributed by atoms with van der Waals surface area (Å²) in [6, 6.07) is 3.43. The zero-order valence-corrected chi connectivity index (χ0v) is 5.66. The lowest BCUT2D eigenvalue weighted by Gasteiger charge is -2.03. The third-order valence-corrected chi connectivity index (χ3v) is 1.06. The number of aromatic nitrogens is 1. The third kappa shape index (κ3) is 1.51. The van der Waals surface area contributed by atoms with Crippen LogP contribution >= 0.6 is 0 Å². The number of hydrogen-bond acceptors (Lipinski definition) is 1. The second kappa shape index (κ2) is 2.91. The Bertz CT molecular complexity index is 205. The zero-order valence-electron chi connectivity index (χ0n) is 5.66. The van der Waals surface area contributed by atoms with E-state index in [1.165, 1.54) is 0 Å². The van der Waals surface area contributed by atoms with Gasteiger partial charge in [0.1, 0.15) is 0 Å². The van der Waals surface area contributed by atoms with Crippen LogP contribution in [0.3, 0.4) is 0 Å². The van der Waals surface area contributed by atoms with E-state index in [0.717, 1.165) is 0 Å². The van der Waals surface area contributed by atoms with Gasteiger partial charge in [-0.15, -0.1) is 0 Å². The van der Waals surface area contributed by atoms with Crippen molar-refractivity contribution in [1.29, 1.82) is 0 Å². The molecule has 2 N–H and O–H groups in total. The van der Waals surface area contributed by atoms with Crippen molar-refractivity contribution in [2.24, 2.45) is 0 Å². The van der Waals surface area contributed by atoms with Gasteiger partial charge >= 0.3 is 6.03 Å². The minimum absolute atomic E-state index is 0.226. The first-order chi connectivity index (χ1) is 4.83. The standard InChI is InChI=1S/C6H9N3O/c1-7-6(10)8-9-4-2-3-5-9/h2-5H,1H3,(H2,7,8,10). The van der Waals surface area contributed by atoms with Gasteiger partial charge in [-0.25, -0.2) is 10.2 Å². The second-order valence-electron chi connectivity index (χ2n) is 1.78. The SMILES string of the molecule is CNC(=O)Nn1cccc1. The Morgan fingerprint density at radius 1 is 1.40 bits per heavy atom. The molecule has 1 aromatic rings. The molecule has 1 aromatic heterocycles. The van der Waals surface area contributed by atoms with E-state index in [9.17, 15) is 4.79 Å². The Morgan fingerprint density at radius 3 is 2.50 bits per heavy atom. The molecule has 54 valence electrons. The second-order valence-corrected chi connectivity index (χ2v) is 1.78. The first-order valence-electron chi connectivity index (χ1n) is 2.94. The molecule has 4 heteroatoms. The van der Waals surface area contributed by atoms with E-state index in [2.05, 4.69) is 10.7 Å². The summed E-state index contributed by atoms with van der Waals surface area (Å²) in [7, 11) is 1.57. The highest BCUT2D eigenvalue weighted by molar-refractivity contribution is 5.81. The Labute approximate surface area is 58.8 Å². The Morgan fingerprint density at radius 2 is 2.00 bits per heavy atom. The molecule has 1 rings (SSSR count). The van der Waals surface area contributed by atoms with Crippen LogP contribution in [-0.4, -0.2) is 17.8 Å². The monoisotopic (exact) mass is 139 g/mol. The van der Waals surface area contributed by atoms with Gasteiger partial charge in [0, 0.05) is 19.4 Å². The summed E-state index contributed by atoms with van der Waals surface area (Å²) >= 11 is 0. The van der Waals surface area contributed by atoms with Crippen LogP contribution in [-0.2, 0) is 0 Å². The maximum absolute atomic E-state index is 10.6. The van der Waals surface area contributed by atoms with Gasteiger partial charge in [-0.05, 0) is 12.1 Å². The molecular weight excluding hydrogens is 130 g/mol. The number of nitrogens with one attached hydrogen (secondary N) is 2. The molecule has 0 unspecified atom stereocenters. The fraction of sp³-hybridized carbons (Fsp3) is 0.167. The van der Waals surface area contributed by atoms with Gasteiger partial charge in [-0.3, -0.25) is 4.68 Å². The topological polar surface area (TPSA) is 46.1 Å². The van der Waals surface area contributed by atoms with Crippen LogP contribution in [0, 0.1) is 0 Å². The quantitative estimate of drug-likeness (QED) is 0.580. The summed E-state index contributed by atoms with van der Waals surface area (Å²) < 4.78 is 1.57. The first kappa shape index (κ1) is 6.67. The summed E-state index contributed by atoms with van der Waals surface area (Å²) in [5.41, 5.74) is 2.54. The van der Waals surface area contributed by atoms with E-state index >= 15 is 0 Å². The lowest BCUT2D eigenvalue weighted by molar-refractivity contribution is 0.251. The first-order valence-corrected chi connectivity index (χ1v) is 2.94. The lowest BCUT2D eigenvalue weighted by atomic mass is 10.7. The van der Waals surface area contributed by atoms with Crippen molar-refractivity contribution in [3.63, 3.8) is 0 Å².